The van der Waals surface area contributed by atoms with Crippen LogP contribution in [0.4, 0.5) is 0 Å². The lowest BCUT2D eigenvalue weighted by atomic mass is 9.98. The minimum atomic E-state index is 0.106. The van der Waals surface area contributed by atoms with Crippen LogP contribution in [0.15, 0.2) is 54.1 Å². The number of allylic oxidation sites excluding steroid dienone is 2. The number of hydrogen-bond donors (Lipinski definition) is 0. The number of ether oxygens (including phenoxy) is 1. The highest BCUT2D eigenvalue weighted by Gasteiger charge is 2.19. The van der Waals surface area contributed by atoms with Gasteiger partial charge in [-0.3, -0.25) is 0 Å². The van der Waals surface area contributed by atoms with Crippen LogP contribution in [0.25, 0.3) is 6.08 Å². The van der Waals surface area contributed by atoms with Crippen molar-refractivity contribution in [3.63, 3.8) is 0 Å². The Balaban J connectivity index is 2.13. The van der Waals surface area contributed by atoms with E-state index in [0.717, 1.165) is 5.75 Å². The standard InChI is InChI=1S/C13H10O/c1-3-7-12-10(5-1)9-11-6-2-4-8-13(11)14-12/h1-9,12H. The Labute approximate surface area is 83.0 Å². The van der Waals surface area contributed by atoms with Gasteiger partial charge in [-0.1, -0.05) is 36.4 Å². The summed E-state index contributed by atoms with van der Waals surface area (Å²) in [6.45, 7) is 0. The van der Waals surface area contributed by atoms with Crippen molar-refractivity contribution in [2.24, 2.45) is 0 Å². The molecule has 1 aromatic rings. The fourth-order valence-electron chi connectivity index (χ4n) is 1.80. The summed E-state index contributed by atoms with van der Waals surface area (Å²) >= 11 is 0. The monoisotopic (exact) mass is 182 g/mol. The third-order valence-corrected chi connectivity index (χ3v) is 2.51. The first-order valence-electron chi connectivity index (χ1n) is 4.76. The predicted octanol–water partition coefficient (Wildman–Crippen LogP) is 2.96. The van der Waals surface area contributed by atoms with Gasteiger partial charge in [0.25, 0.3) is 0 Å². The first kappa shape index (κ1) is 7.63. The lowest BCUT2D eigenvalue weighted by molar-refractivity contribution is 0.283. The van der Waals surface area contributed by atoms with Gasteiger partial charge in [0.2, 0.25) is 0 Å². The number of fused-ring (bicyclic) bond motifs is 2. The van der Waals surface area contributed by atoms with E-state index in [1.54, 1.807) is 0 Å². The summed E-state index contributed by atoms with van der Waals surface area (Å²) in [5.74, 6) is 0.973. The van der Waals surface area contributed by atoms with Gasteiger partial charge < -0.3 is 4.74 Å². The topological polar surface area (TPSA) is 9.23 Å². The average molecular weight is 182 g/mol. The van der Waals surface area contributed by atoms with E-state index in [2.05, 4.69) is 24.3 Å². The molecule has 3 rings (SSSR count). The van der Waals surface area contributed by atoms with Crippen molar-refractivity contribution in [2.75, 3.05) is 0 Å². The summed E-state index contributed by atoms with van der Waals surface area (Å²) in [6, 6.07) is 8.11. The number of para-hydroxylation sites is 1. The van der Waals surface area contributed by atoms with E-state index in [0.29, 0.717) is 0 Å². The zero-order chi connectivity index (χ0) is 9.38. The third-order valence-electron chi connectivity index (χ3n) is 2.51. The quantitative estimate of drug-likeness (QED) is 0.599. The third kappa shape index (κ3) is 1.10. The van der Waals surface area contributed by atoms with Gasteiger partial charge >= 0.3 is 0 Å². The van der Waals surface area contributed by atoms with Crippen LogP contribution in [0.1, 0.15) is 5.56 Å². The van der Waals surface area contributed by atoms with Crippen LogP contribution in [-0.4, -0.2) is 6.10 Å². The van der Waals surface area contributed by atoms with Crippen molar-refractivity contribution >= 4 is 6.08 Å². The maximum atomic E-state index is 5.83. The molecule has 1 unspecified atom stereocenters. The van der Waals surface area contributed by atoms with Crippen molar-refractivity contribution < 1.29 is 4.74 Å². The van der Waals surface area contributed by atoms with Gasteiger partial charge in [-0.05, 0) is 23.8 Å². The zero-order valence-corrected chi connectivity index (χ0v) is 7.68. The Morgan fingerprint density at radius 2 is 2.00 bits per heavy atom. The van der Waals surface area contributed by atoms with Crippen LogP contribution in [0.5, 0.6) is 5.75 Å². The molecule has 0 spiro atoms. The Morgan fingerprint density at radius 3 is 3.00 bits per heavy atom. The highest BCUT2D eigenvalue weighted by atomic mass is 16.5. The molecule has 1 heteroatoms. The maximum Gasteiger partial charge on any atom is 0.142 e. The van der Waals surface area contributed by atoms with E-state index in [1.807, 2.05) is 30.4 Å². The van der Waals surface area contributed by atoms with Gasteiger partial charge in [-0.15, -0.1) is 0 Å². The minimum Gasteiger partial charge on any atom is -0.481 e. The summed E-state index contributed by atoms with van der Waals surface area (Å²) in [5, 5.41) is 0. The molecule has 2 aliphatic rings. The van der Waals surface area contributed by atoms with Gasteiger partial charge in [0.05, 0.1) is 0 Å². The Bertz CT molecular complexity index is 452. The molecule has 1 aliphatic heterocycles. The molecule has 14 heavy (non-hydrogen) atoms. The first-order chi connectivity index (χ1) is 6.93. The Kier molecular flexibility index (Phi) is 1.57. The van der Waals surface area contributed by atoms with Gasteiger partial charge in [-0.2, -0.15) is 0 Å². The smallest absolute Gasteiger partial charge is 0.142 e. The van der Waals surface area contributed by atoms with Crippen LogP contribution < -0.4 is 4.74 Å². The molecule has 0 bridgehead atoms. The SMILES string of the molecule is C1=CC2=Cc3ccccc3OC2C=C1. The highest BCUT2D eigenvalue weighted by molar-refractivity contribution is 5.66. The number of hydrogen-bond acceptors (Lipinski definition) is 1. The Hall–Kier alpha value is -1.76. The van der Waals surface area contributed by atoms with Crippen LogP contribution in [-0.2, 0) is 0 Å². The van der Waals surface area contributed by atoms with Crippen LogP contribution in [0.3, 0.4) is 0 Å². The van der Waals surface area contributed by atoms with Gasteiger partial charge in [-0.25, -0.2) is 0 Å². The van der Waals surface area contributed by atoms with E-state index < -0.39 is 0 Å². The molecule has 1 aliphatic carbocycles. The molecule has 1 aromatic carbocycles. The molecular weight excluding hydrogens is 172 g/mol. The molecule has 0 amide bonds. The summed E-state index contributed by atoms with van der Waals surface area (Å²) in [7, 11) is 0. The summed E-state index contributed by atoms with van der Waals surface area (Å²) < 4.78 is 5.83. The normalized spacial score (nSPS) is 22.0. The second kappa shape index (κ2) is 2.88. The fourth-order valence-corrected chi connectivity index (χ4v) is 1.80. The molecule has 0 aromatic heterocycles. The second-order valence-corrected chi connectivity index (χ2v) is 3.46. The van der Waals surface area contributed by atoms with Gasteiger partial charge in [0, 0.05) is 5.56 Å². The van der Waals surface area contributed by atoms with Gasteiger partial charge in [0.1, 0.15) is 11.9 Å². The molecule has 0 saturated carbocycles. The molecule has 0 N–H and O–H groups in total. The zero-order valence-electron chi connectivity index (χ0n) is 7.68. The number of rotatable bonds is 0. The average Bonchev–Trinajstić information content (AvgIpc) is 2.26. The van der Waals surface area contributed by atoms with E-state index in [4.69, 9.17) is 4.74 Å². The predicted molar refractivity (Wildman–Crippen MR) is 57.1 cm³/mol. The van der Waals surface area contributed by atoms with Gasteiger partial charge in [0.15, 0.2) is 0 Å². The van der Waals surface area contributed by atoms with E-state index in [1.165, 1.54) is 11.1 Å². The van der Waals surface area contributed by atoms with Crippen LogP contribution in [0, 0.1) is 0 Å². The summed E-state index contributed by atoms with van der Waals surface area (Å²) in [6.07, 6.45) is 10.5. The molecule has 0 saturated heterocycles. The highest BCUT2D eigenvalue weighted by Crippen LogP contribution is 2.31. The number of benzene rings is 1. The summed E-state index contributed by atoms with van der Waals surface area (Å²) in [4.78, 5) is 0. The lowest BCUT2D eigenvalue weighted by Gasteiger charge is -2.24. The minimum absolute atomic E-state index is 0.106. The molecule has 68 valence electrons. The molecule has 1 atom stereocenters. The van der Waals surface area contributed by atoms with Crippen molar-refractivity contribution in [3.8, 4) is 5.75 Å². The maximum absolute atomic E-state index is 5.83. The first-order valence-corrected chi connectivity index (χ1v) is 4.76. The fraction of sp³-hybridized carbons (Fsp3) is 0.0769. The van der Waals surface area contributed by atoms with E-state index in [-0.39, 0.29) is 6.10 Å². The lowest BCUT2D eigenvalue weighted by Crippen LogP contribution is -2.20. The van der Waals surface area contributed by atoms with Crippen LogP contribution in [0.2, 0.25) is 0 Å². The molecule has 0 fully saturated rings. The largest absolute Gasteiger partial charge is 0.481 e. The van der Waals surface area contributed by atoms with E-state index in [9.17, 15) is 0 Å². The molecule has 0 radical (unpaired) electrons. The van der Waals surface area contributed by atoms with Crippen molar-refractivity contribution in [1.29, 1.82) is 0 Å². The van der Waals surface area contributed by atoms with E-state index >= 15 is 0 Å². The summed E-state index contributed by atoms with van der Waals surface area (Å²) in [5.41, 5.74) is 2.39. The molecule has 1 nitrogen and oxygen atoms in total. The Morgan fingerprint density at radius 1 is 1.07 bits per heavy atom. The van der Waals surface area contributed by atoms with Crippen molar-refractivity contribution in [1.82, 2.24) is 0 Å². The van der Waals surface area contributed by atoms with Crippen molar-refractivity contribution in [2.45, 2.75) is 6.10 Å². The second-order valence-electron chi connectivity index (χ2n) is 3.46. The van der Waals surface area contributed by atoms with Crippen LogP contribution >= 0.6 is 0 Å². The molecule has 1 heterocycles. The molecular formula is C13H10O. The van der Waals surface area contributed by atoms with Crippen molar-refractivity contribution in [3.05, 3.63) is 59.7 Å².